The van der Waals surface area contributed by atoms with Gasteiger partial charge in [-0.3, -0.25) is 0 Å². The molecule has 0 spiro atoms. The van der Waals surface area contributed by atoms with Gasteiger partial charge < -0.3 is 9.64 Å². The van der Waals surface area contributed by atoms with E-state index in [1.54, 1.807) is 23.1 Å². The van der Waals surface area contributed by atoms with Gasteiger partial charge >= 0.3 is 6.09 Å². The molecule has 0 aliphatic carbocycles. The van der Waals surface area contributed by atoms with Crippen molar-refractivity contribution in [3.63, 3.8) is 0 Å². The van der Waals surface area contributed by atoms with Crippen molar-refractivity contribution >= 4 is 19.4 Å². The van der Waals surface area contributed by atoms with Gasteiger partial charge in [0.1, 0.15) is 19.3 Å². The second-order valence-electron chi connectivity index (χ2n) is 6.65. The van der Waals surface area contributed by atoms with Gasteiger partial charge in [-0.2, -0.15) is 0 Å². The van der Waals surface area contributed by atoms with E-state index in [1.807, 2.05) is 31.2 Å². The third-order valence-corrected chi connectivity index (χ3v) is 5.00. The van der Waals surface area contributed by atoms with Crippen molar-refractivity contribution in [3.8, 4) is 0 Å². The van der Waals surface area contributed by atoms with E-state index in [-0.39, 0.29) is 18.0 Å². The normalized spacial score (nSPS) is 21.2. The lowest BCUT2D eigenvalue weighted by molar-refractivity contribution is -0.0588. The van der Waals surface area contributed by atoms with E-state index in [2.05, 4.69) is 6.58 Å². The smallest absolute Gasteiger partial charge is 0.411 e. The number of amides is 1. The molecule has 2 radical (unpaired) electrons. The van der Waals surface area contributed by atoms with Gasteiger partial charge in [0.15, 0.2) is 0 Å². The minimum atomic E-state index is -0.802. The van der Waals surface area contributed by atoms with Crippen molar-refractivity contribution in [1.82, 2.24) is 4.90 Å². The average molecular weight is 349 g/mol. The molecule has 132 valence electrons. The number of cyclic esters (lactones) is 1. The van der Waals surface area contributed by atoms with Crippen molar-refractivity contribution in [1.29, 1.82) is 0 Å². The fourth-order valence-electron chi connectivity index (χ4n) is 3.43. The number of halogens is 1. The number of benzene rings is 2. The minimum absolute atomic E-state index is 0.127. The molecule has 1 amide bonds. The Bertz CT molecular complexity index is 791. The van der Waals surface area contributed by atoms with Crippen molar-refractivity contribution in [3.05, 3.63) is 78.1 Å². The maximum Gasteiger partial charge on any atom is 0.411 e. The van der Waals surface area contributed by atoms with Crippen LogP contribution in [-0.4, -0.2) is 25.4 Å². The van der Waals surface area contributed by atoms with Crippen molar-refractivity contribution in [2.75, 3.05) is 6.54 Å². The zero-order valence-electron chi connectivity index (χ0n) is 14.8. The number of rotatable bonds is 5. The molecule has 2 aromatic carbocycles. The third kappa shape index (κ3) is 3.52. The van der Waals surface area contributed by atoms with E-state index >= 15 is 0 Å². The van der Waals surface area contributed by atoms with Crippen LogP contribution in [0, 0.1) is 5.82 Å². The molecule has 3 rings (SSSR count). The van der Waals surface area contributed by atoms with Crippen molar-refractivity contribution in [2.45, 2.75) is 31.4 Å². The van der Waals surface area contributed by atoms with Gasteiger partial charge in [-0.15, -0.1) is 6.58 Å². The number of hydrogen-bond acceptors (Lipinski definition) is 2. The maximum absolute atomic E-state index is 13.3. The van der Waals surface area contributed by atoms with Crippen LogP contribution in [0.2, 0.25) is 0 Å². The molecule has 1 heterocycles. The molecule has 3 nitrogen and oxygen atoms in total. The molecule has 1 saturated heterocycles. The molecule has 0 aromatic heterocycles. The van der Waals surface area contributed by atoms with Crippen LogP contribution in [0.1, 0.15) is 36.9 Å². The Hall–Kier alpha value is -2.56. The molecule has 2 aromatic rings. The average Bonchev–Trinajstić information content (AvgIpc) is 2.63. The monoisotopic (exact) mass is 349 g/mol. The zero-order valence-corrected chi connectivity index (χ0v) is 14.8. The predicted octanol–water partition coefficient (Wildman–Crippen LogP) is 3.99. The van der Waals surface area contributed by atoms with E-state index in [1.165, 1.54) is 12.1 Å². The Kier molecular flexibility index (Phi) is 5.17. The van der Waals surface area contributed by atoms with Crippen molar-refractivity contribution < 1.29 is 13.9 Å². The highest BCUT2D eigenvalue weighted by Gasteiger charge is 2.42. The Balaban J connectivity index is 1.83. The van der Waals surface area contributed by atoms with Gasteiger partial charge in [0.25, 0.3) is 0 Å². The van der Waals surface area contributed by atoms with Gasteiger partial charge in [-0.1, -0.05) is 47.9 Å². The number of carbonyl (C=O) groups excluding carboxylic acids is 1. The van der Waals surface area contributed by atoms with E-state index in [0.29, 0.717) is 24.8 Å². The predicted molar refractivity (Wildman–Crippen MR) is 101 cm³/mol. The van der Waals surface area contributed by atoms with E-state index in [4.69, 9.17) is 12.6 Å². The fourth-order valence-corrected chi connectivity index (χ4v) is 3.43. The van der Waals surface area contributed by atoms with Crippen LogP contribution in [0.15, 0.2) is 61.2 Å². The molecule has 1 aliphatic rings. The molecule has 0 bridgehead atoms. The van der Waals surface area contributed by atoms with Gasteiger partial charge in [-0.25, -0.2) is 9.18 Å². The molecule has 26 heavy (non-hydrogen) atoms. The summed E-state index contributed by atoms with van der Waals surface area (Å²) < 4.78 is 19.2. The lowest BCUT2D eigenvalue weighted by atomic mass is 9.85. The SMILES string of the molecule is [B]c1ccc([C@H](C)N2CC[C@@](CC=C)(c3ccc(F)cc3)OC2=O)cc1. The number of hydrogen-bond donors (Lipinski definition) is 0. The van der Waals surface area contributed by atoms with E-state index in [9.17, 15) is 9.18 Å². The quantitative estimate of drug-likeness (QED) is 0.603. The Morgan fingerprint density at radius 2 is 1.92 bits per heavy atom. The lowest BCUT2D eigenvalue weighted by Crippen LogP contribution is -2.48. The highest BCUT2D eigenvalue weighted by atomic mass is 19.1. The molecule has 5 heteroatoms. The highest BCUT2D eigenvalue weighted by molar-refractivity contribution is 6.32. The number of nitrogens with zero attached hydrogens (tertiary/aromatic N) is 1. The Labute approximate surface area is 154 Å². The van der Waals surface area contributed by atoms with Gasteiger partial charge in [-0.05, 0) is 30.2 Å². The second kappa shape index (κ2) is 7.36. The Morgan fingerprint density at radius 3 is 2.50 bits per heavy atom. The first kappa shape index (κ1) is 18.2. The summed E-state index contributed by atoms with van der Waals surface area (Å²) in [5, 5.41) is 0. The molecular weight excluding hydrogens is 328 g/mol. The summed E-state index contributed by atoms with van der Waals surface area (Å²) in [6, 6.07) is 13.5. The van der Waals surface area contributed by atoms with E-state index < -0.39 is 5.60 Å². The standard InChI is InChI=1S/C21H21BFNO2/c1-3-12-21(17-6-10-19(23)11-7-17)13-14-24(20(25)26-21)15(2)16-4-8-18(22)9-5-16/h3-11,15H,1,12-14H2,2H3/t15-,21-/m0/s1. The van der Waals surface area contributed by atoms with Gasteiger partial charge in [0.2, 0.25) is 0 Å². The fraction of sp³-hybridized carbons (Fsp3) is 0.286. The van der Waals surface area contributed by atoms with E-state index in [0.717, 1.165) is 11.1 Å². The molecule has 0 saturated carbocycles. The summed E-state index contributed by atoms with van der Waals surface area (Å²) in [7, 11) is 5.74. The largest absolute Gasteiger partial charge is 0.437 e. The highest BCUT2D eigenvalue weighted by Crippen LogP contribution is 2.39. The lowest BCUT2D eigenvalue weighted by Gasteiger charge is -2.43. The molecule has 0 N–H and O–H groups in total. The molecule has 0 unspecified atom stereocenters. The summed E-state index contributed by atoms with van der Waals surface area (Å²) in [5.74, 6) is -0.316. The van der Waals surface area contributed by atoms with Crippen LogP contribution in [0.4, 0.5) is 9.18 Å². The topological polar surface area (TPSA) is 29.5 Å². The first-order valence-corrected chi connectivity index (χ1v) is 8.67. The van der Waals surface area contributed by atoms with Crippen molar-refractivity contribution in [2.24, 2.45) is 0 Å². The zero-order chi connectivity index (χ0) is 18.7. The number of ether oxygens (including phenoxy) is 1. The third-order valence-electron chi connectivity index (χ3n) is 5.00. The Morgan fingerprint density at radius 1 is 1.27 bits per heavy atom. The molecule has 1 fully saturated rings. The van der Waals surface area contributed by atoms with Crippen LogP contribution in [0.25, 0.3) is 0 Å². The summed E-state index contributed by atoms with van der Waals surface area (Å²) in [6.07, 6.45) is 2.44. The summed E-state index contributed by atoms with van der Waals surface area (Å²) in [5.41, 5.74) is 1.66. The van der Waals surface area contributed by atoms with Crippen LogP contribution in [-0.2, 0) is 10.3 Å². The van der Waals surface area contributed by atoms with Crippen LogP contribution in [0.5, 0.6) is 0 Å². The molecular formula is C21H21BFNO2. The summed E-state index contributed by atoms with van der Waals surface area (Å²) in [4.78, 5) is 14.5. The first-order chi connectivity index (χ1) is 12.4. The summed E-state index contributed by atoms with van der Waals surface area (Å²) >= 11 is 0. The molecule has 2 atom stereocenters. The van der Waals surface area contributed by atoms with Gasteiger partial charge in [0.05, 0.1) is 6.04 Å². The first-order valence-electron chi connectivity index (χ1n) is 8.67. The van der Waals surface area contributed by atoms with Crippen LogP contribution >= 0.6 is 0 Å². The maximum atomic E-state index is 13.3. The van der Waals surface area contributed by atoms with Gasteiger partial charge in [0, 0.05) is 19.4 Å². The van der Waals surface area contributed by atoms with Crippen LogP contribution in [0.3, 0.4) is 0 Å². The molecule has 1 aliphatic heterocycles. The number of carbonyl (C=O) groups is 1. The summed E-state index contributed by atoms with van der Waals surface area (Å²) in [6.45, 7) is 6.29. The van der Waals surface area contributed by atoms with Crippen LogP contribution < -0.4 is 5.46 Å². The minimum Gasteiger partial charge on any atom is -0.437 e. The second-order valence-corrected chi connectivity index (χ2v) is 6.65.